The van der Waals surface area contributed by atoms with Gasteiger partial charge >= 0.3 is 5.97 Å². The standard InChI is InChI=1S/C13H15BrO2/c1-4-11(13(2,3)12(15)16)9-5-7-10(14)8-6-9/h4-8,11H,1H2,2-3H3,(H,15,16)/t11-/m1/s1. The van der Waals surface area contributed by atoms with Crippen molar-refractivity contribution in [2.45, 2.75) is 19.8 Å². The van der Waals surface area contributed by atoms with Crippen molar-refractivity contribution in [3.05, 3.63) is 47.0 Å². The van der Waals surface area contributed by atoms with Crippen LogP contribution in [0, 0.1) is 5.41 Å². The quantitative estimate of drug-likeness (QED) is 0.853. The number of halogens is 1. The molecule has 16 heavy (non-hydrogen) atoms. The maximum absolute atomic E-state index is 11.2. The van der Waals surface area contributed by atoms with Crippen LogP contribution in [0.2, 0.25) is 0 Å². The molecule has 1 aromatic rings. The molecular formula is C13H15BrO2. The third kappa shape index (κ3) is 2.53. The molecule has 0 amide bonds. The molecule has 2 nitrogen and oxygen atoms in total. The van der Waals surface area contributed by atoms with Crippen molar-refractivity contribution in [3.63, 3.8) is 0 Å². The van der Waals surface area contributed by atoms with Gasteiger partial charge in [0.1, 0.15) is 0 Å². The van der Waals surface area contributed by atoms with Crippen LogP contribution in [-0.4, -0.2) is 11.1 Å². The zero-order chi connectivity index (χ0) is 12.3. The highest BCUT2D eigenvalue weighted by molar-refractivity contribution is 9.10. The average molecular weight is 283 g/mol. The maximum Gasteiger partial charge on any atom is 0.310 e. The van der Waals surface area contributed by atoms with E-state index in [0.717, 1.165) is 10.0 Å². The second-order valence-electron chi connectivity index (χ2n) is 4.29. The maximum atomic E-state index is 11.2. The SMILES string of the molecule is C=C[C@H](c1ccc(Br)cc1)C(C)(C)C(=O)O. The summed E-state index contributed by atoms with van der Waals surface area (Å²) in [6, 6.07) is 7.65. The van der Waals surface area contributed by atoms with E-state index in [2.05, 4.69) is 22.5 Å². The molecule has 3 heteroatoms. The number of aliphatic carboxylic acids is 1. The largest absolute Gasteiger partial charge is 0.481 e. The van der Waals surface area contributed by atoms with Crippen LogP contribution in [0.3, 0.4) is 0 Å². The van der Waals surface area contributed by atoms with Gasteiger partial charge in [-0.1, -0.05) is 34.1 Å². The van der Waals surface area contributed by atoms with Crippen molar-refractivity contribution in [2.75, 3.05) is 0 Å². The first-order valence-corrected chi connectivity index (χ1v) is 5.80. The van der Waals surface area contributed by atoms with E-state index in [1.165, 1.54) is 0 Å². The molecule has 0 radical (unpaired) electrons. The van der Waals surface area contributed by atoms with Crippen molar-refractivity contribution in [2.24, 2.45) is 5.41 Å². The fourth-order valence-electron chi connectivity index (χ4n) is 1.65. The van der Waals surface area contributed by atoms with E-state index in [0.29, 0.717) is 0 Å². The van der Waals surface area contributed by atoms with Gasteiger partial charge in [-0.2, -0.15) is 0 Å². The second-order valence-corrected chi connectivity index (χ2v) is 5.21. The van der Waals surface area contributed by atoms with E-state index in [4.69, 9.17) is 0 Å². The van der Waals surface area contributed by atoms with E-state index in [-0.39, 0.29) is 5.92 Å². The van der Waals surface area contributed by atoms with Gasteiger partial charge in [-0.25, -0.2) is 0 Å². The number of carboxylic acids is 1. The highest BCUT2D eigenvalue weighted by atomic mass is 79.9. The van der Waals surface area contributed by atoms with E-state index >= 15 is 0 Å². The molecule has 86 valence electrons. The molecule has 0 aliphatic carbocycles. The molecule has 0 saturated carbocycles. The Morgan fingerprint density at radius 3 is 2.31 bits per heavy atom. The first-order valence-electron chi connectivity index (χ1n) is 5.01. The fourth-order valence-corrected chi connectivity index (χ4v) is 1.91. The highest BCUT2D eigenvalue weighted by Gasteiger charge is 2.35. The van der Waals surface area contributed by atoms with Gasteiger partial charge in [-0.05, 0) is 31.5 Å². The monoisotopic (exact) mass is 282 g/mol. The predicted molar refractivity (Wildman–Crippen MR) is 68.5 cm³/mol. The molecule has 1 rings (SSSR count). The number of benzene rings is 1. The normalized spacial score (nSPS) is 13.2. The first kappa shape index (κ1) is 13.0. The number of hydrogen-bond acceptors (Lipinski definition) is 1. The third-order valence-electron chi connectivity index (χ3n) is 2.79. The Labute approximate surface area is 104 Å². The lowest BCUT2D eigenvalue weighted by Gasteiger charge is -2.28. The first-order chi connectivity index (χ1) is 7.39. The number of rotatable bonds is 4. The minimum atomic E-state index is -0.852. The zero-order valence-corrected chi connectivity index (χ0v) is 11.0. The third-order valence-corrected chi connectivity index (χ3v) is 3.32. The molecular weight excluding hydrogens is 268 g/mol. The van der Waals surface area contributed by atoms with Crippen LogP contribution in [0.5, 0.6) is 0 Å². The van der Waals surface area contributed by atoms with Crippen molar-refractivity contribution in [3.8, 4) is 0 Å². The molecule has 0 unspecified atom stereocenters. The average Bonchev–Trinajstić information content (AvgIpc) is 2.21. The van der Waals surface area contributed by atoms with Gasteiger partial charge in [0.05, 0.1) is 5.41 Å². The Bertz CT molecular complexity index is 393. The van der Waals surface area contributed by atoms with E-state index < -0.39 is 11.4 Å². The molecule has 0 heterocycles. The fraction of sp³-hybridized carbons (Fsp3) is 0.308. The van der Waals surface area contributed by atoms with Crippen molar-refractivity contribution < 1.29 is 9.90 Å². The molecule has 1 N–H and O–H groups in total. The molecule has 0 fully saturated rings. The lowest BCUT2D eigenvalue weighted by Crippen LogP contribution is -2.30. The lowest BCUT2D eigenvalue weighted by atomic mass is 9.75. The Morgan fingerprint density at radius 2 is 1.94 bits per heavy atom. The molecule has 1 aromatic carbocycles. The topological polar surface area (TPSA) is 37.3 Å². The van der Waals surface area contributed by atoms with Crippen LogP contribution >= 0.6 is 15.9 Å². The smallest absolute Gasteiger partial charge is 0.310 e. The van der Waals surface area contributed by atoms with E-state index in [1.54, 1.807) is 19.9 Å². The number of carboxylic acid groups (broad SMARTS) is 1. The number of carbonyl (C=O) groups is 1. The van der Waals surface area contributed by atoms with Crippen LogP contribution in [-0.2, 0) is 4.79 Å². The summed E-state index contributed by atoms with van der Waals surface area (Å²) >= 11 is 3.35. The summed E-state index contributed by atoms with van der Waals surface area (Å²) in [5.74, 6) is -1.02. The molecule has 0 aliphatic rings. The van der Waals surface area contributed by atoms with Gasteiger partial charge in [0, 0.05) is 10.4 Å². The lowest BCUT2D eigenvalue weighted by molar-refractivity contribution is -0.147. The van der Waals surface area contributed by atoms with Crippen molar-refractivity contribution in [1.82, 2.24) is 0 Å². The molecule has 1 atom stereocenters. The summed E-state index contributed by atoms with van der Waals surface area (Å²) in [6.45, 7) is 7.16. The molecule has 0 aromatic heterocycles. The Hall–Kier alpha value is -1.09. The number of allylic oxidation sites excluding steroid dienone is 1. The Morgan fingerprint density at radius 1 is 1.44 bits per heavy atom. The van der Waals surface area contributed by atoms with Gasteiger partial charge < -0.3 is 5.11 Å². The second kappa shape index (κ2) is 4.83. The van der Waals surface area contributed by atoms with Crippen molar-refractivity contribution >= 4 is 21.9 Å². The summed E-state index contributed by atoms with van der Waals surface area (Å²) in [6.07, 6.45) is 1.69. The van der Waals surface area contributed by atoms with Crippen LogP contribution < -0.4 is 0 Å². The summed E-state index contributed by atoms with van der Waals surface area (Å²) in [7, 11) is 0. The zero-order valence-electron chi connectivity index (χ0n) is 9.40. The minimum absolute atomic E-state index is 0.196. The molecule has 0 saturated heterocycles. The van der Waals surface area contributed by atoms with Gasteiger partial charge in [0.2, 0.25) is 0 Å². The summed E-state index contributed by atoms with van der Waals surface area (Å²) < 4.78 is 0.979. The van der Waals surface area contributed by atoms with Gasteiger partial charge in [0.15, 0.2) is 0 Å². The van der Waals surface area contributed by atoms with Crippen LogP contribution in [0.25, 0.3) is 0 Å². The van der Waals surface area contributed by atoms with Crippen molar-refractivity contribution in [1.29, 1.82) is 0 Å². The van der Waals surface area contributed by atoms with Crippen LogP contribution in [0.15, 0.2) is 41.4 Å². The van der Waals surface area contributed by atoms with Crippen LogP contribution in [0.4, 0.5) is 0 Å². The van der Waals surface area contributed by atoms with E-state index in [9.17, 15) is 9.90 Å². The molecule has 0 aliphatic heterocycles. The van der Waals surface area contributed by atoms with Gasteiger partial charge in [0.25, 0.3) is 0 Å². The summed E-state index contributed by atoms with van der Waals surface area (Å²) in [4.78, 5) is 11.2. The number of hydrogen-bond donors (Lipinski definition) is 1. The summed E-state index contributed by atoms with van der Waals surface area (Å²) in [5.41, 5.74) is 0.112. The van der Waals surface area contributed by atoms with Gasteiger partial charge in [-0.3, -0.25) is 4.79 Å². The minimum Gasteiger partial charge on any atom is -0.481 e. The Balaban J connectivity index is 3.12. The predicted octanol–water partition coefficient (Wildman–Crippen LogP) is 3.83. The highest BCUT2D eigenvalue weighted by Crippen LogP contribution is 2.37. The van der Waals surface area contributed by atoms with Gasteiger partial charge in [-0.15, -0.1) is 6.58 Å². The van der Waals surface area contributed by atoms with E-state index in [1.807, 2.05) is 24.3 Å². The summed E-state index contributed by atoms with van der Waals surface area (Å²) in [5, 5.41) is 9.20. The molecule has 0 spiro atoms. The molecule has 0 bridgehead atoms. The van der Waals surface area contributed by atoms with Crippen LogP contribution in [0.1, 0.15) is 25.3 Å². The Kier molecular flexibility index (Phi) is 3.92.